The highest BCUT2D eigenvalue weighted by Crippen LogP contribution is 2.19. The van der Waals surface area contributed by atoms with Gasteiger partial charge in [0.05, 0.1) is 0 Å². The molecule has 1 aliphatic heterocycles. The van der Waals surface area contributed by atoms with E-state index in [4.69, 9.17) is 11.6 Å². The average molecular weight is 380 g/mol. The summed E-state index contributed by atoms with van der Waals surface area (Å²) in [6.45, 7) is 6.56. The van der Waals surface area contributed by atoms with Crippen LogP contribution in [0.25, 0.3) is 0 Å². The van der Waals surface area contributed by atoms with Crippen molar-refractivity contribution in [1.29, 1.82) is 0 Å². The van der Waals surface area contributed by atoms with Gasteiger partial charge in [0.2, 0.25) is 5.91 Å². The molecule has 2 unspecified atom stereocenters. The minimum absolute atomic E-state index is 0.0295. The van der Waals surface area contributed by atoms with Crippen molar-refractivity contribution in [2.24, 2.45) is 11.8 Å². The van der Waals surface area contributed by atoms with Gasteiger partial charge in [-0.05, 0) is 69.0 Å². The molecule has 2 rings (SSSR count). The molecule has 0 radical (unpaired) electrons. The van der Waals surface area contributed by atoms with Crippen molar-refractivity contribution < 1.29 is 9.59 Å². The zero-order valence-corrected chi connectivity index (χ0v) is 16.7. The molecule has 6 heteroatoms. The van der Waals surface area contributed by atoms with Crippen LogP contribution in [0.3, 0.4) is 0 Å². The van der Waals surface area contributed by atoms with Crippen molar-refractivity contribution in [3.05, 3.63) is 34.9 Å². The fourth-order valence-corrected chi connectivity index (χ4v) is 3.60. The van der Waals surface area contributed by atoms with E-state index in [1.165, 1.54) is 0 Å². The first kappa shape index (κ1) is 20.7. The van der Waals surface area contributed by atoms with Gasteiger partial charge in [-0.3, -0.25) is 9.59 Å². The van der Waals surface area contributed by atoms with Crippen LogP contribution >= 0.6 is 11.6 Å². The predicted molar refractivity (Wildman–Crippen MR) is 105 cm³/mol. The van der Waals surface area contributed by atoms with Gasteiger partial charge in [-0.1, -0.05) is 25.4 Å². The number of benzene rings is 1. The molecule has 1 aromatic carbocycles. The third-order valence-electron chi connectivity index (χ3n) is 4.74. The van der Waals surface area contributed by atoms with E-state index in [0.29, 0.717) is 28.8 Å². The molecule has 0 spiro atoms. The van der Waals surface area contributed by atoms with E-state index < -0.39 is 6.04 Å². The summed E-state index contributed by atoms with van der Waals surface area (Å²) in [4.78, 5) is 27.6. The van der Waals surface area contributed by atoms with Crippen LogP contribution in [0.15, 0.2) is 24.3 Å². The SMILES string of the molecule is CNCC1CCCN(C(=O)C(CC(C)C)NC(=O)c2ccc(Cl)cc2)C1. The van der Waals surface area contributed by atoms with Crippen LogP contribution in [0.4, 0.5) is 0 Å². The third kappa shape index (κ3) is 5.99. The first-order valence-electron chi connectivity index (χ1n) is 9.40. The molecule has 5 nitrogen and oxygen atoms in total. The van der Waals surface area contributed by atoms with Crippen molar-refractivity contribution in [1.82, 2.24) is 15.5 Å². The Labute approximate surface area is 161 Å². The zero-order valence-electron chi connectivity index (χ0n) is 15.9. The molecule has 0 aromatic heterocycles. The van der Waals surface area contributed by atoms with Crippen LogP contribution in [0.1, 0.15) is 43.5 Å². The summed E-state index contributed by atoms with van der Waals surface area (Å²) in [5.41, 5.74) is 0.516. The quantitative estimate of drug-likeness (QED) is 0.765. The fourth-order valence-electron chi connectivity index (χ4n) is 3.48. The molecule has 0 bridgehead atoms. The number of rotatable bonds is 7. The number of carbonyl (C=O) groups excluding carboxylic acids is 2. The highest BCUT2D eigenvalue weighted by atomic mass is 35.5. The van der Waals surface area contributed by atoms with Crippen molar-refractivity contribution >= 4 is 23.4 Å². The normalized spacial score (nSPS) is 18.7. The van der Waals surface area contributed by atoms with Crippen molar-refractivity contribution in [3.8, 4) is 0 Å². The van der Waals surface area contributed by atoms with Crippen molar-refractivity contribution in [2.75, 3.05) is 26.7 Å². The second kappa shape index (κ2) is 9.93. The van der Waals surface area contributed by atoms with Crippen LogP contribution in [0.2, 0.25) is 5.02 Å². The molecule has 2 N–H and O–H groups in total. The van der Waals surface area contributed by atoms with E-state index in [-0.39, 0.29) is 11.8 Å². The Morgan fingerprint density at radius 2 is 1.96 bits per heavy atom. The highest BCUT2D eigenvalue weighted by molar-refractivity contribution is 6.30. The number of hydrogen-bond donors (Lipinski definition) is 2. The molecule has 2 atom stereocenters. The number of amides is 2. The maximum absolute atomic E-state index is 13.1. The minimum Gasteiger partial charge on any atom is -0.341 e. The molecule has 144 valence electrons. The Kier molecular flexibility index (Phi) is 7.91. The summed E-state index contributed by atoms with van der Waals surface area (Å²) in [6, 6.07) is 6.23. The summed E-state index contributed by atoms with van der Waals surface area (Å²) >= 11 is 5.88. The zero-order chi connectivity index (χ0) is 19.1. The number of carbonyl (C=O) groups is 2. The van der Waals surface area contributed by atoms with Gasteiger partial charge in [0.25, 0.3) is 5.91 Å². The second-order valence-electron chi connectivity index (χ2n) is 7.51. The van der Waals surface area contributed by atoms with Gasteiger partial charge in [-0.15, -0.1) is 0 Å². The number of nitrogens with one attached hydrogen (secondary N) is 2. The first-order chi connectivity index (χ1) is 12.4. The molecule has 1 aromatic rings. The Bertz CT molecular complexity index is 602. The van der Waals surface area contributed by atoms with E-state index >= 15 is 0 Å². The van der Waals surface area contributed by atoms with Gasteiger partial charge >= 0.3 is 0 Å². The molecular weight excluding hydrogens is 350 g/mol. The Balaban J connectivity index is 2.06. The van der Waals surface area contributed by atoms with Crippen molar-refractivity contribution in [3.63, 3.8) is 0 Å². The number of halogens is 1. The van der Waals surface area contributed by atoms with Crippen LogP contribution in [-0.2, 0) is 4.79 Å². The van der Waals surface area contributed by atoms with E-state index in [0.717, 1.165) is 32.5 Å². The molecule has 1 aliphatic rings. The molecule has 0 aliphatic carbocycles. The predicted octanol–water partition coefficient (Wildman–Crippen LogP) is 2.94. The summed E-state index contributed by atoms with van der Waals surface area (Å²) in [7, 11) is 1.94. The van der Waals surface area contributed by atoms with Gasteiger partial charge in [-0.2, -0.15) is 0 Å². The number of piperidine rings is 1. The van der Waals surface area contributed by atoms with E-state index in [2.05, 4.69) is 24.5 Å². The second-order valence-corrected chi connectivity index (χ2v) is 7.95. The van der Waals surface area contributed by atoms with Gasteiger partial charge in [0.1, 0.15) is 6.04 Å². The van der Waals surface area contributed by atoms with Crippen molar-refractivity contribution in [2.45, 2.75) is 39.2 Å². The van der Waals surface area contributed by atoms with E-state index in [9.17, 15) is 9.59 Å². The molecule has 1 saturated heterocycles. The number of likely N-dealkylation sites (tertiary alicyclic amines) is 1. The smallest absolute Gasteiger partial charge is 0.251 e. The largest absolute Gasteiger partial charge is 0.341 e. The molecule has 0 saturated carbocycles. The lowest BCUT2D eigenvalue weighted by molar-refractivity contribution is -0.135. The fraction of sp³-hybridized carbons (Fsp3) is 0.600. The molecule has 1 fully saturated rings. The van der Waals surface area contributed by atoms with Gasteiger partial charge in [0.15, 0.2) is 0 Å². The van der Waals surface area contributed by atoms with Crippen LogP contribution in [0.5, 0.6) is 0 Å². The third-order valence-corrected chi connectivity index (χ3v) is 4.99. The van der Waals surface area contributed by atoms with Crippen LogP contribution in [-0.4, -0.2) is 49.4 Å². The standard InChI is InChI=1S/C20H30ClN3O2/c1-14(2)11-18(23-19(25)16-6-8-17(21)9-7-16)20(26)24-10-4-5-15(13-24)12-22-3/h6-9,14-15,18,22H,4-5,10-13H2,1-3H3,(H,23,25). The minimum atomic E-state index is -0.494. The monoisotopic (exact) mass is 379 g/mol. The highest BCUT2D eigenvalue weighted by Gasteiger charge is 2.30. The summed E-state index contributed by atoms with van der Waals surface area (Å²) in [6.07, 6.45) is 2.78. The van der Waals surface area contributed by atoms with Gasteiger partial charge < -0.3 is 15.5 Å². The summed E-state index contributed by atoms with van der Waals surface area (Å²) < 4.78 is 0. The van der Waals surface area contributed by atoms with E-state index in [1.54, 1.807) is 24.3 Å². The average Bonchev–Trinajstić information content (AvgIpc) is 2.61. The lowest BCUT2D eigenvalue weighted by atomic mass is 9.96. The van der Waals surface area contributed by atoms with E-state index in [1.807, 2.05) is 11.9 Å². The van der Waals surface area contributed by atoms with Gasteiger partial charge in [-0.25, -0.2) is 0 Å². The maximum atomic E-state index is 13.1. The molecule has 2 amide bonds. The lowest BCUT2D eigenvalue weighted by Gasteiger charge is -2.35. The van der Waals surface area contributed by atoms with Crippen LogP contribution in [0, 0.1) is 11.8 Å². The Morgan fingerprint density at radius 1 is 1.27 bits per heavy atom. The Hall–Kier alpha value is -1.59. The van der Waals surface area contributed by atoms with Gasteiger partial charge in [0, 0.05) is 23.7 Å². The van der Waals surface area contributed by atoms with Crippen LogP contribution < -0.4 is 10.6 Å². The first-order valence-corrected chi connectivity index (χ1v) is 9.78. The number of nitrogens with zero attached hydrogens (tertiary/aromatic N) is 1. The maximum Gasteiger partial charge on any atom is 0.251 e. The topological polar surface area (TPSA) is 61.4 Å². The molecule has 1 heterocycles. The summed E-state index contributed by atoms with van der Waals surface area (Å²) in [5, 5.41) is 6.72. The molecule has 26 heavy (non-hydrogen) atoms. The lowest BCUT2D eigenvalue weighted by Crippen LogP contribution is -2.52. The Morgan fingerprint density at radius 3 is 2.58 bits per heavy atom. The number of hydrogen-bond acceptors (Lipinski definition) is 3. The summed E-state index contributed by atoms with van der Waals surface area (Å²) in [5.74, 6) is 0.586. The molecular formula is C20H30ClN3O2.